The lowest BCUT2D eigenvalue weighted by molar-refractivity contribution is -0.116. The van der Waals surface area contributed by atoms with Crippen LogP contribution in [-0.2, 0) is 16.1 Å². The molecule has 1 aromatic carbocycles. The first-order chi connectivity index (χ1) is 13.1. The van der Waals surface area contributed by atoms with E-state index in [1.54, 1.807) is 7.05 Å². The molecular weight excluding hydrogens is 342 g/mol. The van der Waals surface area contributed by atoms with Crippen LogP contribution in [0.2, 0.25) is 0 Å². The number of nitrogens with one attached hydrogen (secondary N) is 3. The molecule has 1 aromatic rings. The zero-order valence-corrected chi connectivity index (χ0v) is 16.8. The first-order valence-electron chi connectivity index (χ1n) is 9.70. The van der Waals surface area contributed by atoms with Gasteiger partial charge in [0.2, 0.25) is 5.91 Å². The van der Waals surface area contributed by atoms with Crippen LogP contribution < -0.4 is 16.0 Å². The van der Waals surface area contributed by atoms with Gasteiger partial charge in [-0.3, -0.25) is 14.7 Å². The molecule has 27 heavy (non-hydrogen) atoms. The van der Waals surface area contributed by atoms with Crippen molar-refractivity contribution in [3.05, 3.63) is 29.8 Å². The molecule has 2 rings (SSSR count). The van der Waals surface area contributed by atoms with Crippen LogP contribution in [0, 0.1) is 5.92 Å². The number of anilines is 1. The highest BCUT2D eigenvalue weighted by atomic mass is 16.5. The van der Waals surface area contributed by atoms with Gasteiger partial charge in [0, 0.05) is 51.9 Å². The minimum absolute atomic E-state index is 0.0516. The molecule has 3 N–H and O–H groups in total. The van der Waals surface area contributed by atoms with E-state index in [1.807, 2.05) is 38.1 Å². The molecule has 1 amide bonds. The summed E-state index contributed by atoms with van der Waals surface area (Å²) in [4.78, 5) is 18.6. The fourth-order valence-corrected chi connectivity index (χ4v) is 2.91. The van der Waals surface area contributed by atoms with Gasteiger partial charge in [-0.05, 0) is 23.6 Å². The quantitative estimate of drug-likeness (QED) is 0.476. The van der Waals surface area contributed by atoms with Crippen molar-refractivity contribution in [3.8, 4) is 0 Å². The van der Waals surface area contributed by atoms with Gasteiger partial charge in [-0.1, -0.05) is 26.0 Å². The Hall–Kier alpha value is -2.12. The molecular formula is C20H33N5O2. The van der Waals surface area contributed by atoms with Crippen molar-refractivity contribution in [3.63, 3.8) is 0 Å². The first kappa shape index (κ1) is 21.2. The second kappa shape index (κ2) is 11.6. The van der Waals surface area contributed by atoms with Crippen LogP contribution in [0.15, 0.2) is 29.3 Å². The third kappa shape index (κ3) is 8.41. The Labute approximate surface area is 162 Å². The van der Waals surface area contributed by atoms with Crippen LogP contribution in [0.4, 0.5) is 5.69 Å². The number of morpholine rings is 1. The number of carbonyl (C=O) groups is 1. The Morgan fingerprint density at radius 2 is 2.04 bits per heavy atom. The highest BCUT2D eigenvalue weighted by molar-refractivity contribution is 5.90. The molecule has 0 radical (unpaired) electrons. The molecule has 0 aliphatic carbocycles. The standard InChI is InChI=1S/C20H33N5O2/c1-16(2)13-19(26)24-18-6-4-5-17(14-18)15-23-20(21-3)22-7-8-25-9-11-27-12-10-25/h4-6,14,16H,7-13,15H2,1-3H3,(H,24,26)(H2,21,22,23). The second-order valence-corrected chi connectivity index (χ2v) is 7.15. The molecule has 150 valence electrons. The number of rotatable bonds is 8. The molecule has 1 fully saturated rings. The van der Waals surface area contributed by atoms with Gasteiger partial charge >= 0.3 is 0 Å². The molecule has 7 nitrogen and oxygen atoms in total. The van der Waals surface area contributed by atoms with Crippen molar-refractivity contribution in [2.75, 3.05) is 51.8 Å². The Balaban J connectivity index is 1.75. The van der Waals surface area contributed by atoms with Crippen LogP contribution in [0.1, 0.15) is 25.8 Å². The minimum Gasteiger partial charge on any atom is -0.379 e. The second-order valence-electron chi connectivity index (χ2n) is 7.15. The zero-order chi connectivity index (χ0) is 19.5. The van der Waals surface area contributed by atoms with Crippen LogP contribution >= 0.6 is 0 Å². The van der Waals surface area contributed by atoms with Crippen molar-refractivity contribution in [1.29, 1.82) is 0 Å². The van der Waals surface area contributed by atoms with E-state index in [9.17, 15) is 4.79 Å². The number of hydrogen-bond acceptors (Lipinski definition) is 4. The molecule has 0 saturated carbocycles. The van der Waals surface area contributed by atoms with Crippen molar-refractivity contribution in [2.45, 2.75) is 26.8 Å². The molecule has 0 bridgehead atoms. The van der Waals surface area contributed by atoms with Gasteiger partial charge in [-0.2, -0.15) is 0 Å². The Morgan fingerprint density at radius 1 is 1.26 bits per heavy atom. The minimum atomic E-state index is 0.0516. The van der Waals surface area contributed by atoms with Crippen LogP contribution in [-0.4, -0.2) is 63.2 Å². The maximum atomic E-state index is 11.9. The SMILES string of the molecule is CN=C(NCCN1CCOCC1)NCc1cccc(NC(=O)CC(C)C)c1. The molecule has 0 atom stereocenters. The lowest BCUT2D eigenvalue weighted by Gasteiger charge is -2.26. The number of carbonyl (C=O) groups excluding carboxylic acids is 1. The van der Waals surface area contributed by atoms with Gasteiger partial charge in [0.15, 0.2) is 5.96 Å². The number of guanidine groups is 1. The third-order valence-corrected chi connectivity index (χ3v) is 4.31. The van der Waals surface area contributed by atoms with E-state index in [0.29, 0.717) is 18.9 Å². The van der Waals surface area contributed by atoms with Crippen LogP contribution in [0.3, 0.4) is 0 Å². The molecule has 7 heteroatoms. The van der Waals surface area contributed by atoms with E-state index in [2.05, 4.69) is 25.8 Å². The third-order valence-electron chi connectivity index (χ3n) is 4.31. The van der Waals surface area contributed by atoms with Crippen molar-refractivity contribution < 1.29 is 9.53 Å². The molecule has 1 saturated heterocycles. The largest absolute Gasteiger partial charge is 0.379 e. The summed E-state index contributed by atoms with van der Waals surface area (Å²) in [6.07, 6.45) is 0.530. The summed E-state index contributed by atoms with van der Waals surface area (Å²) in [7, 11) is 1.77. The van der Waals surface area contributed by atoms with Gasteiger partial charge in [0.05, 0.1) is 13.2 Å². The van der Waals surface area contributed by atoms with E-state index in [0.717, 1.165) is 56.6 Å². The highest BCUT2D eigenvalue weighted by Crippen LogP contribution is 2.12. The fraction of sp³-hybridized carbons (Fsp3) is 0.600. The number of hydrogen-bond donors (Lipinski definition) is 3. The average Bonchev–Trinajstić information content (AvgIpc) is 2.65. The summed E-state index contributed by atoms with van der Waals surface area (Å²) < 4.78 is 5.36. The molecule has 0 unspecified atom stereocenters. The molecule has 0 aromatic heterocycles. The topological polar surface area (TPSA) is 78.0 Å². The first-order valence-corrected chi connectivity index (χ1v) is 9.70. The van der Waals surface area contributed by atoms with Crippen LogP contribution in [0.5, 0.6) is 0 Å². The fourth-order valence-electron chi connectivity index (χ4n) is 2.91. The summed E-state index contributed by atoms with van der Waals surface area (Å²) in [5.41, 5.74) is 1.92. The molecule has 0 spiro atoms. The van der Waals surface area contributed by atoms with Crippen LogP contribution in [0.25, 0.3) is 0 Å². The summed E-state index contributed by atoms with van der Waals surface area (Å²) in [5.74, 6) is 1.18. The predicted octanol–water partition coefficient (Wildman–Crippen LogP) is 1.67. The summed E-state index contributed by atoms with van der Waals surface area (Å²) in [5, 5.41) is 9.62. The van der Waals surface area contributed by atoms with Crippen molar-refractivity contribution in [2.24, 2.45) is 10.9 Å². The van der Waals surface area contributed by atoms with Crippen molar-refractivity contribution >= 4 is 17.6 Å². The number of benzene rings is 1. The van der Waals surface area contributed by atoms with Gasteiger partial charge in [-0.25, -0.2) is 0 Å². The van der Waals surface area contributed by atoms with E-state index in [4.69, 9.17) is 4.74 Å². The van der Waals surface area contributed by atoms with Gasteiger partial charge < -0.3 is 20.7 Å². The monoisotopic (exact) mass is 375 g/mol. The lowest BCUT2D eigenvalue weighted by atomic mass is 10.1. The van der Waals surface area contributed by atoms with Crippen molar-refractivity contribution in [1.82, 2.24) is 15.5 Å². The Morgan fingerprint density at radius 3 is 2.74 bits per heavy atom. The smallest absolute Gasteiger partial charge is 0.224 e. The predicted molar refractivity (Wildman–Crippen MR) is 110 cm³/mol. The van der Waals surface area contributed by atoms with Gasteiger partial charge in [-0.15, -0.1) is 0 Å². The number of ether oxygens (including phenoxy) is 1. The molecule has 1 aliphatic rings. The highest BCUT2D eigenvalue weighted by Gasteiger charge is 2.10. The normalized spacial score (nSPS) is 15.6. The van der Waals surface area contributed by atoms with E-state index in [-0.39, 0.29) is 5.91 Å². The average molecular weight is 376 g/mol. The van der Waals surface area contributed by atoms with E-state index >= 15 is 0 Å². The van der Waals surface area contributed by atoms with Gasteiger partial charge in [0.25, 0.3) is 0 Å². The number of amides is 1. The summed E-state index contributed by atoms with van der Waals surface area (Å²) in [6.45, 7) is 10.1. The number of aliphatic imine (C=N–C) groups is 1. The van der Waals surface area contributed by atoms with E-state index < -0.39 is 0 Å². The maximum absolute atomic E-state index is 11.9. The maximum Gasteiger partial charge on any atom is 0.224 e. The van der Waals surface area contributed by atoms with E-state index in [1.165, 1.54) is 0 Å². The summed E-state index contributed by atoms with van der Waals surface area (Å²) >= 11 is 0. The Kier molecular flexibility index (Phi) is 9.07. The van der Waals surface area contributed by atoms with Gasteiger partial charge in [0.1, 0.15) is 0 Å². The number of nitrogens with zero attached hydrogens (tertiary/aromatic N) is 2. The molecule has 1 heterocycles. The zero-order valence-electron chi connectivity index (χ0n) is 16.8. The molecule has 1 aliphatic heterocycles. The lowest BCUT2D eigenvalue weighted by Crippen LogP contribution is -2.44. The summed E-state index contributed by atoms with van der Waals surface area (Å²) in [6, 6.07) is 7.89. The Bertz CT molecular complexity index is 612.